The van der Waals surface area contributed by atoms with Gasteiger partial charge in [-0.15, -0.1) is 0 Å². The Kier molecular flexibility index (Phi) is 3.79. The Hall–Kier alpha value is -1.20. The van der Waals surface area contributed by atoms with Crippen LogP contribution in [0.2, 0.25) is 0 Å². The lowest BCUT2D eigenvalue weighted by atomic mass is 10.4. The SMILES string of the molecule is Cc1[c]c(C)nc(OC[C@H](O)CO)n1. The third-order valence-corrected chi connectivity index (χ3v) is 1.50. The molecule has 0 spiro atoms. The van der Waals surface area contributed by atoms with Crippen LogP contribution in [0.3, 0.4) is 0 Å². The first kappa shape index (κ1) is 10.9. The van der Waals surface area contributed by atoms with Gasteiger partial charge in [0.1, 0.15) is 12.7 Å². The number of aliphatic hydroxyl groups is 2. The summed E-state index contributed by atoms with van der Waals surface area (Å²) in [5, 5.41) is 17.6. The van der Waals surface area contributed by atoms with Gasteiger partial charge in [0, 0.05) is 6.07 Å². The molecule has 5 nitrogen and oxygen atoms in total. The van der Waals surface area contributed by atoms with Gasteiger partial charge >= 0.3 is 6.01 Å². The van der Waals surface area contributed by atoms with Crippen LogP contribution in [0.25, 0.3) is 0 Å². The predicted molar refractivity (Wildman–Crippen MR) is 48.9 cm³/mol. The van der Waals surface area contributed by atoms with Crippen LogP contribution in [-0.2, 0) is 0 Å². The maximum atomic E-state index is 9.02. The van der Waals surface area contributed by atoms with Crippen molar-refractivity contribution >= 4 is 0 Å². The standard InChI is InChI=1S/C9H13N2O3/c1-6-3-7(2)11-9(10-6)14-5-8(13)4-12/h8,12-13H,4-5H2,1-2H3/t8-/m1/s1. The van der Waals surface area contributed by atoms with Gasteiger partial charge in [-0.2, -0.15) is 9.97 Å². The minimum Gasteiger partial charge on any atom is -0.461 e. The van der Waals surface area contributed by atoms with Gasteiger partial charge in [-0.05, 0) is 13.8 Å². The molecule has 0 bridgehead atoms. The molecular weight excluding hydrogens is 184 g/mol. The van der Waals surface area contributed by atoms with Crippen molar-refractivity contribution in [3.8, 4) is 6.01 Å². The van der Waals surface area contributed by atoms with Crippen molar-refractivity contribution in [3.05, 3.63) is 17.5 Å². The molecule has 14 heavy (non-hydrogen) atoms. The van der Waals surface area contributed by atoms with Crippen molar-refractivity contribution in [2.24, 2.45) is 0 Å². The number of rotatable bonds is 4. The molecule has 2 N–H and O–H groups in total. The summed E-state index contributed by atoms with van der Waals surface area (Å²) in [5.74, 6) is 0. The van der Waals surface area contributed by atoms with E-state index in [-0.39, 0.29) is 19.2 Å². The molecule has 0 saturated carbocycles. The van der Waals surface area contributed by atoms with E-state index in [9.17, 15) is 0 Å². The van der Waals surface area contributed by atoms with E-state index in [1.165, 1.54) is 0 Å². The molecule has 0 amide bonds. The summed E-state index contributed by atoms with van der Waals surface area (Å²) in [6, 6.07) is 3.10. The molecule has 1 radical (unpaired) electrons. The van der Waals surface area contributed by atoms with Crippen molar-refractivity contribution in [2.45, 2.75) is 20.0 Å². The summed E-state index contributed by atoms with van der Waals surface area (Å²) in [7, 11) is 0. The molecule has 1 atom stereocenters. The van der Waals surface area contributed by atoms with E-state index >= 15 is 0 Å². The molecule has 0 aromatic carbocycles. The second-order valence-electron chi connectivity index (χ2n) is 2.95. The van der Waals surface area contributed by atoms with Gasteiger partial charge in [0.05, 0.1) is 18.0 Å². The normalized spacial score (nSPS) is 12.6. The molecule has 1 rings (SSSR count). The fourth-order valence-electron chi connectivity index (χ4n) is 0.918. The second kappa shape index (κ2) is 4.88. The molecule has 1 aromatic heterocycles. The first-order valence-electron chi connectivity index (χ1n) is 4.28. The lowest BCUT2D eigenvalue weighted by Crippen LogP contribution is -2.22. The molecule has 0 saturated heterocycles. The van der Waals surface area contributed by atoms with Gasteiger partial charge in [0.25, 0.3) is 0 Å². The van der Waals surface area contributed by atoms with Crippen molar-refractivity contribution < 1.29 is 14.9 Å². The lowest BCUT2D eigenvalue weighted by Gasteiger charge is -2.08. The van der Waals surface area contributed by atoms with Gasteiger partial charge in [-0.25, -0.2) is 0 Å². The summed E-state index contributed by atoms with van der Waals surface area (Å²) < 4.78 is 5.07. The predicted octanol–water partition coefficient (Wildman–Crippen LogP) is -0.374. The number of hydrogen-bond acceptors (Lipinski definition) is 5. The average molecular weight is 197 g/mol. The topological polar surface area (TPSA) is 75.5 Å². The molecule has 1 heterocycles. The van der Waals surface area contributed by atoms with Gasteiger partial charge in [-0.3, -0.25) is 0 Å². The Morgan fingerprint density at radius 1 is 1.36 bits per heavy atom. The summed E-state index contributed by atoms with van der Waals surface area (Å²) in [6.07, 6.45) is -0.900. The van der Waals surface area contributed by atoms with E-state index in [2.05, 4.69) is 16.0 Å². The second-order valence-corrected chi connectivity index (χ2v) is 2.95. The smallest absolute Gasteiger partial charge is 0.316 e. The van der Waals surface area contributed by atoms with Gasteiger partial charge in [0.15, 0.2) is 0 Å². The number of nitrogens with zero attached hydrogens (tertiary/aromatic N) is 2. The minimum absolute atomic E-state index is 0.0145. The van der Waals surface area contributed by atoms with Crippen molar-refractivity contribution in [2.75, 3.05) is 13.2 Å². The highest BCUT2D eigenvalue weighted by molar-refractivity contribution is 5.09. The average Bonchev–Trinajstić information content (AvgIpc) is 2.12. The monoisotopic (exact) mass is 197 g/mol. The van der Waals surface area contributed by atoms with Crippen LogP contribution < -0.4 is 4.74 Å². The molecule has 0 aliphatic carbocycles. The quantitative estimate of drug-likeness (QED) is 0.688. The molecular formula is C9H13N2O3. The first-order valence-corrected chi connectivity index (χ1v) is 4.28. The molecule has 0 unspecified atom stereocenters. The molecule has 0 fully saturated rings. The molecule has 0 aliphatic rings. The number of aliphatic hydroxyl groups excluding tert-OH is 2. The van der Waals surface area contributed by atoms with Crippen molar-refractivity contribution in [3.63, 3.8) is 0 Å². The number of aromatic nitrogens is 2. The van der Waals surface area contributed by atoms with E-state index in [1.54, 1.807) is 13.8 Å². The number of ether oxygens (including phenoxy) is 1. The fourth-order valence-corrected chi connectivity index (χ4v) is 0.918. The summed E-state index contributed by atoms with van der Waals surface area (Å²) >= 11 is 0. The van der Waals surface area contributed by atoms with Crippen LogP contribution in [0.15, 0.2) is 0 Å². The summed E-state index contributed by atoms with van der Waals surface area (Å²) in [6.45, 7) is 3.21. The minimum atomic E-state index is -0.900. The van der Waals surface area contributed by atoms with Crippen LogP contribution in [-0.4, -0.2) is 39.5 Å². The highest BCUT2D eigenvalue weighted by Gasteiger charge is 2.05. The van der Waals surface area contributed by atoms with Crippen LogP contribution in [0.4, 0.5) is 0 Å². The zero-order valence-electron chi connectivity index (χ0n) is 8.19. The zero-order valence-corrected chi connectivity index (χ0v) is 8.19. The van der Waals surface area contributed by atoms with Crippen LogP contribution in [0.1, 0.15) is 11.4 Å². The fraction of sp³-hybridized carbons (Fsp3) is 0.556. The number of hydrogen-bond donors (Lipinski definition) is 2. The van der Waals surface area contributed by atoms with E-state index < -0.39 is 6.10 Å². The Morgan fingerprint density at radius 2 is 1.93 bits per heavy atom. The van der Waals surface area contributed by atoms with Crippen molar-refractivity contribution in [1.82, 2.24) is 9.97 Å². The number of aryl methyl sites for hydroxylation is 2. The Balaban J connectivity index is 2.58. The summed E-state index contributed by atoms with van der Waals surface area (Å²) in [5.41, 5.74) is 1.37. The molecule has 1 aromatic rings. The Morgan fingerprint density at radius 3 is 2.43 bits per heavy atom. The lowest BCUT2D eigenvalue weighted by molar-refractivity contribution is 0.0503. The highest BCUT2D eigenvalue weighted by Crippen LogP contribution is 2.05. The van der Waals surface area contributed by atoms with Crippen molar-refractivity contribution in [1.29, 1.82) is 0 Å². The van der Waals surface area contributed by atoms with Crippen LogP contribution in [0, 0.1) is 19.9 Å². The largest absolute Gasteiger partial charge is 0.461 e. The maximum absolute atomic E-state index is 9.02. The van der Waals surface area contributed by atoms with E-state index in [0.29, 0.717) is 11.4 Å². The van der Waals surface area contributed by atoms with Gasteiger partial charge < -0.3 is 14.9 Å². The van der Waals surface area contributed by atoms with E-state index in [4.69, 9.17) is 14.9 Å². The molecule has 5 heteroatoms. The maximum Gasteiger partial charge on any atom is 0.316 e. The van der Waals surface area contributed by atoms with Gasteiger partial charge in [-0.1, -0.05) is 0 Å². The third-order valence-electron chi connectivity index (χ3n) is 1.50. The van der Waals surface area contributed by atoms with E-state index in [0.717, 1.165) is 0 Å². The summed E-state index contributed by atoms with van der Waals surface area (Å²) in [4.78, 5) is 7.92. The van der Waals surface area contributed by atoms with E-state index in [1.807, 2.05) is 0 Å². The molecule has 0 aliphatic heterocycles. The Bertz CT molecular complexity index is 284. The highest BCUT2D eigenvalue weighted by atomic mass is 16.5. The zero-order chi connectivity index (χ0) is 10.6. The third kappa shape index (κ3) is 3.27. The van der Waals surface area contributed by atoms with Crippen LogP contribution >= 0.6 is 0 Å². The molecule has 77 valence electrons. The first-order chi connectivity index (χ1) is 6.61. The Labute approximate surface area is 82.4 Å². The van der Waals surface area contributed by atoms with Gasteiger partial charge in [0.2, 0.25) is 0 Å². The van der Waals surface area contributed by atoms with Crippen LogP contribution in [0.5, 0.6) is 6.01 Å².